The molecule has 1 saturated carbocycles. The van der Waals surface area contributed by atoms with Crippen molar-refractivity contribution in [3.05, 3.63) is 33.8 Å². The Morgan fingerprint density at radius 2 is 2.00 bits per heavy atom. The summed E-state index contributed by atoms with van der Waals surface area (Å²) in [6, 6.07) is 7.90. The fourth-order valence-electron chi connectivity index (χ4n) is 4.39. The monoisotopic (exact) mass is 350 g/mol. The van der Waals surface area contributed by atoms with Crippen LogP contribution in [0.3, 0.4) is 0 Å². The Kier molecular flexibility index (Phi) is 5.03. The van der Waals surface area contributed by atoms with E-state index in [0.29, 0.717) is 6.04 Å². The Bertz CT molecular complexity index is 486. The standard InChI is InChI=1S/C18H27BrN2/c1-13-11-15(8-9-16(13)19)18(12-20)21-10-4-6-14-5-2-3-7-17(14)21/h8-9,11,14,17-18H,2-7,10,12,20H2,1H3. The molecule has 2 nitrogen and oxygen atoms in total. The Morgan fingerprint density at radius 1 is 1.24 bits per heavy atom. The molecule has 3 heteroatoms. The second kappa shape index (κ2) is 6.80. The number of fused-ring (bicyclic) bond motifs is 1. The van der Waals surface area contributed by atoms with Crippen molar-refractivity contribution in [2.45, 2.75) is 57.5 Å². The summed E-state index contributed by atoms with van der Waals surface area (Å²) >= 11 is 3.61. The number of benzene rings is 1. The van der Waals surface area contributed by atoms with Crippen molar-refractivity contribution in [1.82, 2.24) is 4.90 Å². The smallest absolute Gasteiger partial charge is 0.0473 e. The maximum absolute atomic E-state index is 6.19. The van der Waals surface area contributed by atoms with E-state index in [0.717, 1.165) is 18.5 Å². The number of hydrogen-bond acceptors (Lipinski definition) is 2. The molecule has 3 unspecified atom stereocenters. The lowest BCUT2D eigenvalue weighted by molar-refractivity contribution is 0.0276. The van der Waals surface area contributed by atoms with Gasteiger partial charge in [0.2, 0.25) is 0 Å². The minimum absolute atomic E-state index is 0.391. The van der Waals surface area contributed by atoms with E-state index in [9.17, 15) is 0 Å². The summed E-state index contributed by atoms with van der Waals surface area (Å²) in [5.41, 5.74) is 8.89. The minimum atomic E-state index is 0.391. The van der Waals surface area contributed by atoms with Gasteiger partial charge in [-0.05, 0) is 62.3 Å². The molecule has 116 valence electrons. The lowest BCUT2D eigenvalue weighted by Crippen LogP contribution is -2.50. The average Bonchev–Trinajstić information content (AvgIpc) is 2.52. The molecule has 1 saturated heterocycles. The van der Waals surface area contributed by atoms with Crippen LogP contribution in [0.25, 0.3) is 0 Å². The highest BCUT2D eigenvalue weighted by molar-refractivity contribution is 9.10. The van der Waals surface area contributed by atoms with Crippen molar-refractivity contribution >= 4 is 15.9 Å². The molecular formula is C18H27BrN2. The summed E-state index contributed by atoms with van der Waals surface area (Å²) in [5.74, 6) is 0.915. The number of nitrogens with two attached hydrogens (primary N) is 1. The first-order valence-corrected chi connectivity index (χ1v) is 9.22. The lowest BCUT2D eigenvalue weighted by atomic mass is 9.77. The first-order valence-electron chi connectivity index (χ1n) is 8.42. The maximum atomic E-state index is 6.19. The average molecular weight is 351 g/mol. The van der Waals surface area contributed by atoms with Crippen LogP contribution in [0.2, 0.25) is 0 Å². The van der Waals surface area contributed by atoms with Crippen molar-refractivity contribution in [3.8, 4) is 0 Å². The first kappa shape index (κ1) is 15.5. The third-order valence-electron chi connectivity index (χ3n) is 5.48. The molecule has 1 heterocycles. The molecule has 3 atom stereocenters. The van der Waals surface area contributed by atoms with Crippen molar-refractivity contribution < 1.29 is 0 Å². The number of aryl methyl sites for hydroxylation is 1. The molecule has 3 rings (SSSR count). The molecule has 1 aliphatic heterocycles. The molecule has 2 aliphatic rings. The number of rotatable bonds is 3. The normalized spacial score (nSPS) is 28.1. The molecular weight excluding hydrogens is 324 g/mol. The highest BCUT2D eigenvalue weighted by atomic mass is 79.9. The molecule has 0 spiro atoms. The number of piperidine rings is 1. The molecule has 2 fully saturated rings. The molecule has 0 bridgehead atoms. The van der Waals surface area contributed by atoms with Crippen LogP contribution in [0.15, 0.2) is 22.7 Å². The summed E-state index contributed by atoms with van der Waals surface area (Å²) in [6.07, 6.45) is 8.40. The van der Waals surface area contributed by atoms with Gasteiger partial charge in [-0.15, -0.1) is 0 Å². The second-order valence-corrected chi connectivity index (χ2v) is 7.61. The van der Waals surface area contributed by atoms with Crippen LogP contribution < -0.4 is 5.73 Å². The van der Waals surface area contributed by atoms with Crippen LogP contribution in [0, 0.1) is 12.8 Å². The van der Waals surface area contributed by atoms with Crippen LogP contribution >= 0.6 is 15.9 Å². The van der Waals surface area contributed by atoms with Crippen molar-refractivity contribution in [2.75, 3.05) is 13.1 Å². The van der Waals surface area contributed by atoms with Gasteiger partial charge in [0, 0.05) is 23.1 Å². The van der Waals surface area contributed by atoms with Crippen LogP contribution in [0.4, 0.5) is 0 Å². The van der Waals surface area contributed by atoms with Gasteiger partial charge in [-0.25, -0.2) is 0 Å². The van der Waals surface area contributed by atoms with Gasteiger partial charge in [0.1, 0.15) is 0 Å². The highest BCUT2D eigenvalue weighted by Gasteiger charge is 2.36. The molecule has 1 aromatic carbocycles. The Labute approximate surface area is 137 Å². The third-order valence-corrected chi connectivity index (χ3v) is 6.37. The predicted octanol–water partition coefficient (Wildman–Crippen LogP) is 4.41. The summed E-state index contributed by atoms with van der Waals surface area (Å²) in [5, 5.41) is 0. The number of nitrogens with zero attached hydrogens (tertiary/aromatic N) is 1. The van der Waals surface area contributed by atoms with Crippen LogP contribution in [-0.2, 0) is 0 Å². The third kappa shape index (κ3) is 3.20. The van der Waals surface area contributed by atoms with Crippen LogP contribution in [-0.4, -0.2) is 24.0 Å². The Hall–Kier alpha value is -0.380. The van der Waals surface area contributed by atoms with Gasteiger partial charge in [-0.3, -0.25) is 4.90 Å². The maximum Gasteiger partial charge on any atom is 0.0473 e. The van der Waals surface area contributed by atoms with Crippen molar-refractivity contribution in [1.29, 1.82) is 0 Å². The molecule has 0 aromatic heterocycles. The predicted molar refractivity (Wildman–Crippen MR) is 92.4 cm³/mol. The molecule has 2 N–H and O–H groups in total. The Morgan fingerprint density at radius 3 is 2.76 bits per heavy atom. The SMILES string of the molecule is Cc1cc(C(CN)N2CCCC3CCCCC32)ccc1Br. The van der Waals surface area contributed by atoms with Crippen molar-refractivity contribution in [2.24, 2.45) is 11.7 Å². The summed E-state index contributed by atoms with van der Waals surface area (Å²) in [7, 11) is 0. The number of halogens is 1. The number of likely N-dealkylation sites (tertiary alicyclic amines) is 1. The fraction of sp³-hybridized carbons (Fsp3) is 0.667. The van der Waals surface area contributed by atoms with Gasteiger partial charge >= 0.3 is 0 Å². The molecule has 21 heavy (non-hydrogen) atoms. The summed E-state index contributed by atoms with van der Waals surface area (Å²) < 4.78 is 1.19. The highest BCUT2D eigenvalue weighted by Crippen LogP contribution is 2.39. The van der Waals surface area contributed by atoms with Gasteiger partial charge in [0.05, 0.1) is 0 Å². The Balaban J connectivity index is 1.85. The van der Waals surface area contributed by atoms with E-state index in [1.807, 2.05) is 0 Å². The minimum Gasteiger partial charge on any atom is -0.329 e. The molecule has 0 radical (unpaired) electrons. The van der Waals surface area contributed by atoms with Gasteiger partial charge < -0.3 is 5.73 Å². The molecule has 1 aliphatic carbocycles. The van der Waals surface area contributed by atoms with E-state index in [4.69, 9.17) is 5.73 Å². The quantitative estimate of drug-likeness (QED) is 0.874. The largest absolute Gasteiger partial charge is 0.329 e. The number of hydrogen-bond donors (Lipinski definition) is 1. The fourth-order valence-corrected chi connectivity index (χ4v) is 4.64. The van der Waals surface area contributed by atoms with Crippen LogP contribution in [0.1, 0.15) is 55.7 Å². The van der Waals surface area contributed by atoms with E-state index in [1.165, 1.54) is 60.7 Å². The van der Waals surface area contributed by atoms with E-state index < -0.39 is 0 Å². The van der Waals surface area contributed by atoms with Gasteiger partial charge in [0.15, 0.2) is 0 Å². The zero-order valence-corrected chi connectivity index (χ0v) is 14.6. The van der Waals surface area contributed by atoms with Crippen LogP contribution in [0.5, 0.6) is 0 Å². The van der Waals surface area contributed by atoms with E-state index in [1.54, 1.807) is 0 Å². The second-order valence-electron chi connectivity index (χ2n) is 6.75. The molecule has 1 aromatic rings. The lowest BCUT2D eigenvalue weighted by Gasteiger charge is -2.47. The van der Waals surface area contributed by atoms with E-state index in [2.05, 4.69) is 46.0 Å². The summed E-state index contributed by atoms with van der Waals surface area (Å²) in [6.45, 7) is 4.11. The zero-order valence-electron chi connectivity index (χ0n) is 13.0. The summed E-state index contributed by atoms with van der Waals surface area (Å²) in [4.78, 5) is 2.73. The van der Waals surface area contributed by atoms with Gasteiger partial charge in [0.25, 0.3) is 0 Å². The van der Waals surface area contributed by atoms with Gasteiger partial charge in [-0.1, -0.05) is 40.9 Å². The molecule has 0 amide bonds. The van der Waals surface area contributed by atoms with E-state index in [-0.39, 0.29) is 0 Å². The first-order chi connectivity index (χ1) is 10.2. The topological polar surface area (TPSA) is 29.3 Å². The van der Waals surface area contributed by atoms with E-state index >= 15 is 0 Å². The zero-order chi connectivity index (χ0) is 14.8. The van der Waals surface area contributed by atoms with Crippen molar-refractivity contribution in [3.63, 3.8) is 0 Å². The van der Waals surface area contributed by atoms with Gasteiger partial charge in [-0.2, -0.15) is 0 Å².